The van der Waals surface area contributed by atoms with Gasteiger partial charge in [-0.05, 0) is 54.0 Å². The van der Waals surface area contributed by atoms with Gasteiger partial charge < -0.3 is 10.6 Å². The minimum atomic E-state index is -0.524. The lowest BCUT2D eigenvalue weighted by Crippen LogP contribution is -2.51. The Kier molecular flexibility index (Phi) is 7.31. The summed E-state index contributed by atoms with van der Waals surface area (Å²) in [5.74, 6) is -0.279. The van der Waals surface area contributed by atoms with Crippen LogP contribution in [0.25, 0.3) is 10.6 Å². The maximum absolute atomic E-state index is 13.1. The van der Waals surface area contributed by atoms with Crippen LogP contribution in [0.5, 0.6) is 0 Å². The van der Waals surface area contributed by atoms with Crippen LogP contribution >= 0.6 is 27.3 Å². The number of carbonyl (C=O) groups is 2. The second kappa shape index (κ2) is 10.2. The molecule has 0 radical (unpaired) electrons. The molecule has 9 nitrogen and oxygen atoms in total. The Morgan fingerprint density at radius 3 is 2.82 bits per heavy atom. The number of hydrogen-bond donors (Lipinski definition) is 3. The summed E-state index contributed by atoms with van der Waals surface area (Å²) >= 11 is 4.92. The van der Waals surface area contributed by atoms with E-state index in [1.807, 2.05) is 13.8 Å². The van der Waals surface area contributed by atoms with E-state index in [1.54, 1.807) is 24.5 Å². The zero-order valence-corrected chi connectivity index (χ0v) is 20.9. The molecule has 1 atom stereocenters. The molecule has 0 aliphatic carbocycles. The molecule has 3 heterocycles. The first-order chi connectivity index (χ1) is 16.3. The van der Waals surface area contributed by atoms with E-state index in [1.165, 1.54) is 23.5 Å². The quantitative estimate of drug-likeness (QED) is 0.274. The number of benzene rings is 1. The van der Waals surface area contributed by atoms with Gasteiger partial charge >= 0.3 is 0 Å². The van der Waals surface area contributed by atoms with Crippen molar-refractivity contribution in [2.24, 2.45) is 0 Å². The van der Waals surface area contributed by atoms with Crippen LogP contribution in [0.4, 0.5) is 21.2 Å². The third kappa shape index (κ3) is 5.30. The number of ketones is 1. The maximum atomic E-state index is 13.1. The van der Waals surface area contributed by atoms with Crippen LogP contribution in [0.15, 0.2) is 41.1 Å². The summed E-state index contributed by atoms with van der Waals surface area (Å²) in [6, 6.07) is 5.54. The summed E-state index contributed by atoms with van der Waals surface area (Å²) in [6.07, 6.45) is 3.77. The van der Waals surface area contributed by atoms with E-state index >= 15 is 0 Å². The van der Waals surface area contributed by atoms with Crippen LogP contribution in [-0.4, -0.2) is 63.3 Å². The van der Waals surface area contributed by atoms with Gasteiger partial charge in [0.25, 0.3) is 0 Å². The molecule has 1 aliphatic rings. The fourth-order valence-electron chi connectivity index (χ4n) is 3.75. The van der Waals surface area contributed by atoms with Crippen LogP contribution in [0.3, 0.4) is 0 Å². The monoisotopic (exact) mass is 547 g/mol. The summed E-state index contributed by atoms with van der Waals surface area (Å²) in [5.41, 5.74) is 0.951. The van der Waals surface area contributed by atoms with E-state index in [0.717, 1.165) is 15.0 Å². The van der Waals surface area contributed by atoms with Crippen molar-refractivity contribution >= 4 is 56.1 Å². The molecule has 34 heavy (non-hydrogen) atoms. The van der Waals surface area contributed by atoms with Gasteiger partial charge in [0.2, 0.25) is 11.7 Å². The van der Waals surface area contributed by atoms with Gasteiger partial charge in [-0.3, -0.25) is 19.8 Å². The summed E-state index contributed by atoms with van der Waals surface area (Å²) in [4.78, 5) is 39.1. The van der Waals surface area contributed by atoms with Crippen LogP contribution in [0, 0.1) is 5.82 Å². The smallest absolute Gasteiger partial charge is 0.223 e. The molecule has 3 N–H and O–H groups in total. The van der Waals surface area contributed by atoms with Crippen molar-refractivity contribution in [1.29, 1.82) is 0 Å². The summed E-state index contributed by atoms with van der Waals surface area (Å²) in [7, 11) is 0. The van der Waals surface area contributed by atoms with E-state index in [4.69, 9.17) is 0 Å². The number of carbonyl (C=O) groups excluding carboxylic acids is 2. The third-order valence-corrected chi connectivity index (χ3v) is 7.15. The molecular weight excluding hydrogens is 525 g/mol. The molecule has 0 bridgehead atoms. The Labute approximate surface area is 208 Å². The van der Waals surface area contributed by atoms with E-state index in [-0.39, 0.29) is 5.82 Å². The predicted octanol–water partition coefficient (Wildman–Crippen LogP) is 3.44. The number of aromatic nitrogens is 3. The zero-order chi connectivity index (χ0) is 24.3. The lowest BCUT2D eigenvalue weighted by molar-refractivity contribution is -0.132. The van der Waals surface area contributed by atoms with E-state index in [2.05, 4.69) is 51.7 Å². The Morgan fingerprint density at radius 1 is 1.32 bits per heavy atom. The van der Waals surface area contributed by atoms with Crippen molar-refractivity contribution in [3.8, 4) is 10.6 Å². The van der Waals surface area contributed by atoms with E-state index in [0.29, 0.717) is 42.8 Å². The standard InChI is InChI=1S/C22H23BrFN7O2S/c1-22(2)19(16(33)11-32)28-12-31(22)8-7-25-20-26-9-15(23)18(30-20)17-10-27-21(34-17)29-14-5-3-13(24)4-6-14/h3-6,9-11,19,28H,7-8,12H2,1-2H3,(H,27,29)(H,25,26,30). The Bertz CT molecular complexity index is 1190. The number of hydrogen-bond acceptors (Lipinski definition) is 10. The highest BCUT2D eigenvalue weighted by atomic mass is 79.9. The SMILES string of the molecule is CC1(C)C(C(=O)C=O)NCN1CCNc1ncc(Br)c(-c2cnc(Nc3ccc(F)cc3)s2)n1. The highest BCUT2D eigenvalue weighted by Gasteiger charge is 2.44. The second-order valence-electron chi connectivity index (χ2n) is 8.21. The molecule has 0 spiro atoms. The van der Waals surface area contributed by atoms with Crippen LogP contribution < -0.4 is 16.0 Å². The molecule has 1 aliphatic heterocycles. The first kappa shape index (κ1) is 24.3. The van der Waals surface area contributed by atoms with Crippen molar-refractivity contribution in [2.45, 2.75) is 25.4 Å². The van der Waals surface area contributed by atoms with Crippen molar-refractivity contribution in [3.05, 3.63) is 46.9 Å². The van der Waals surface area contributed by atoms with Crippen LogP contribution in [0.2, 0.25) is 0 Å². The van der Waals surface area contributed by atoms with Gasteiger partial charge in [-0.15, -0.1) is 0 Å². The normalized spacial score (nSPS) is 17.5. The number of anilines is 3. The summed E-state index contributed by atoms with van der Waals surface area (Å²) in [6.45, 7) is 5.57. The fraction of sp³-hybridized carbons (Fsp3) is 0.318. The van der Waals surface area contributed by atoms with Gasteiger partial charge in [-0.1, -0.05) is 11.3 Å². The number of halogens is 2. The average molecular weight is 548 g/mol. The molecule has 178 valence electrons. The number of rotatable bonds is 9. The average Bonchev–Trinajstić information content (AvgIpc) is 3.39. The Hall–Kier alpha value is -2.80. The van der Waals surface area contributed by atoms with Crippen molar-refractivity contribution in [2.75, 3.05) is 30.4 Å². The molecule has 1 aromatic carbocycles. The molecule has 1 saturated heterocycles. The summed E-state index contributed by atoms with van der Waals surface area (Å²) in [5, 5.41) is 10.1. The number of aldehydes is 1. The number of Topliss-reactive ketones (excluding diaryl/α,β-unsaturated/α-hetero) is 1. The molecule has 3 aromatic rings. The lowest BCUT2D eigenvalue weighted by atomic mass is 9.92. The molecule has 1 unspecified atom stereocenters. The second-order valence-corrected chi connectivity index (χ2v) is 10.1. The van der Waals surface area contributed by atoms with Crippen LogP contribution in [-0.2, 0) is 9.59 Å². The highest BCUT2D eigenvalue weighted by Crippen LogP contribution is 2.34. The van der Waals surface area contributed by atoms with Crippen LogP contribution in [0.1, 0.15) is 13.8 Å². The first-order valence-corrected chi connectivity index (χ1v) is 12.1. The highest BCUT2D eigenvalue weighted by molar-refractivity contribution is 9.10. The van der Waals surface area contributed by atoms with Gasteiger partial charge in [0.05, 0.1) is 15.4 Å². The molecule has 1 fully saturated rings. The number of thiazole rings is 1. The molecular formula is C22H23BrFN7O2S. The largest absolute Gasteiger partial charge is 0.353 e. The number of nitrogens with zero attached hydrogens (tertiary/aromatic N) is 4. The van der Waals surface area contributed by atoms with Gasteiger partial charge in [0.15, 0.2) is 11.4 Å². The first-order valence-electron chi connectivity index (χ1n) is 10.5. The summed E-state index contributed by atoms with van der Waals surface area (Å²) < 4.78 is 13.8. The Balaban J connectivity index is 1.39. The minimum absolute atomic E-state index is 0.297. The van der Waals surface area contributed by atoms with Gasteiger partial charge in [-0.25, -0.2) is 19.3 Å². The van der Waals surface area contributed by atoms with E-state index in [9.17, 15) is 14.0 Å². The third-order valence-electron chi connectivity index (χ3n) is 5.65. The lowest BCUT2D eigenvalue weighted by Gasteiger charge is -2.33. The molecule has 0 amide bonds. The topological polar surface area (TPSA) is 112 Å². The molecule has 12 heteroatoms. The molecule has 4 rings (SSSR count). The molecule has 2 aromatic heterocycles. The zero-order valence-electron chi connectivity index (χ0n) is 18.5. The van der Waals surface area contributed by atoms with Gasteiger partial charge in [0, 0.05) is 43.4 Å². The van der Waals surface area contributed by atoms with Crippen molar-refractivity contribution in [3.63, 3.8) is 0 Å². The number of nitrogens with one attached hydrogen (secondary N) is 3. The fourth-order valence-corrected chi connectivity index (χ4v) is 5.12. The Morgan fingerprint density at radius 2 is 2.09 bits per heavy atom. The van der Waals surface area contributed by atoms with Crippen molar-refractivity contribution in [1.82, 2.24) is 25.2 Å². The molecule has 0 saturated carbocycles. The van der Waals surface area contributed by atoms with E-state index < -0.39 is 17.4 Å². The van der Waals surface area contributed by atoms with Gasteiger partial charge in [0.1, 0.15) is 11.5 Å². The van der Waals surface area contributed by atoms with Crippen molar-refractivity contribution < 1.29 is 14.0 Å². The minimum Gasteiger partial charge on any atom is -0.353 e. The van der Waals surface area contributed by atoms with Gasteiger partial charge in [-0.2, -0.15) is 0 Å². The predicted molar refractivity (Wildman–Crippen MR) is 133 cm³/mol. The maximum Gasteiger partial charge on any atom is 0.223 e.